The Kier molecular flexibility index (Phi) is 6.13. The Bertz CT molecular complexity index is 311. The molecule has 0 atom stereocenters. The van der Waals surface area contributed by atoms with Crippen molar-refractivity contribution in [3.8, 4) is 0 Å². The van der Waals surface area contributed by atoms with Gasteiger partial charge in [-0.25, -0.2) is 0 Å². The smallest absolute Gasteiger partial charge is 0.164 e. The zero-order chi connectivity index (χ0) is 11.1. The van der Waals surface area contributed by atoms with Gasteiger partial charge in [-0.05, 0) is 35.3 Å². The normalized spacial score (nSPS) is 10.5. The van der Waals surface area contributed by atoms with Gasteiger partial charge in [-0.2, -0.15) is 11.3 Å². The highest BCUT2D eigenvalue weighted by Crippen LogP contribution is 2.23. The zero-order valence-corrected chi connectivity index (χ0v) is 11.1. The fraction of sp³-hybridized carbons (Fsp3) is 0.545. The second kappa shape index (κ2) is 7.14. The van der Waals surface area contributed by atoms with Crippen molar-refractivity contribution in [2.75, 3.05) is 6.54 Å². The van der Waals surface area contributed by atoms with E-state index in [9.17, 15) is 4.79 Å². The van der Waals surface area contributed by atoms with Crippen LogP contribution in [-0.2, 0) is 0 Å². The highest BCUT2D eigenvalue weighted by Gasteiger charge is 2.09. The number of hydrogen-bond acceptors (Lipinski definition) is 3. The van der Waals surface area contributed by atoms with E-state index >= 15 is 0 Å². The van der Waals surface area contributed by atoms with Gasteiger partial charge in [0, 0.05) is 27.2 Å². The first-order chi connectivity index (χ1) is 7.25. The predicted octanol–water partition coefficient (Wildman–Crippen LogP) is 3.60. The van der Waals surface area contributed by atoms with Crippen LogP contribution in [0.15, 0.2) is 15.2 Å². The van der Waals surface area contributed by atoms with Gasteiger partial charge < -0.3 is 5.73 Å². The van der Waals surface area contributed by atoms with Gasteiger partial charge in [-0.15, -0.1) is 0 Å². The Morgan fingerprint density at radius 3 is 2.60 bits per heavy atom. The molecule has 1 aromatic heterocycles. The molecule has 1 aromatic rings. The minimum Gasteiger partial charge on any atom is -0.330 e. The van der Waals surface area contributed by atoms with Crippen LogP contribution in [0.3, 0.4) is 0 Å². The molecule has 0 bridgehead atoms. The SMILES string of the molecule is NCCCCCCC(=O)c1cscc1Br. The highest BCUT2D eigenvalue weighted by atomic mass is 79.9. The van der Waals surface area contributed by atoms with Crippen molar-refractivity contribution in [3.05, 3.63) is 20.8 Å². The maximum absolute atomic E-state index is 11.7. The van der Waals surface area contributed by atoms with Gasteiger partial charge >= 0.3 is 0 Å². The number of hydrogen-bond donors (Lipinski definition) is 1. The first kappa shape index (κ1) is 12.9. The number of unbranched alkanes of at least 4 members (excludes halogenated alkanes) is 3. The van der Waals surface area contributed by atoms with E-state index in [2.05, 4.69) is 15.9 Å². The lowest BCUT2D eigenvalue weighted by molar-refractivity contribution is 0.0979. The Morgan fingerprint density at radius 1 is 1.27 bits per heavy atom. The quantitative estimate of drug-likeness (QED) is 0.616. The molecule has 1 rings (SSSR count). The van der Waals surface area contributed by atoms with E-state index in [4.69, 9.17) is 5.73 Å². The molecule has 0 aliphatic carbocycles. The number of carbonyl (C=O) groups is 1. The number of Topliss-reactive ketones (excluding diaryl/α,β-unsaturated/α-hetero) is 1. The molecule has 0 aliphatic heterocycles. The van der Waals surface area contributed by atoms with Gasteiger partial charge in [0.2, 0.25) is 0 Å². The molecule has 0 saturated carbocycles. The summed E-state index contributed by atoms with van der Waals surface area (Å²) in [5.41, 5.74) is 6.23. The summed E-state index contributed by atoms with van der Waals surface area (Å²) in [6, 6.07) is 0. The molecular weight excluding hydrogens is 274 g/mol. The highest BCUT2D eigenvalue weighted by molar-refractivity contribution is 9.10. The number of halogens is 1. The monoisotopic (exact) mass is 289 g/mol. The van der Waals surface area contributed by atoms with Gasteiger partial charge in [-0.3, -0.25) is 4.79 Å². The first-order valence-electron chi connectivity index (χ1n) is 5.20. The summed E-state index contributed by atoms with van der Waals surface area (Å²) in [5, 5.41) is 3.86. The van der Waals surface area contributed by atoms with Crippen LogP contribution in [0, 0.1) is 0 Å². The molecule has 0 unspecified atom stereocenters. The van der Waals surface area contributed by atoms with E-state index in [1.807, 2.05) is 10.8 Å². The molecule has 0 radical (unpaired) electrons. The summed E-state index contributed by atoms with van der Waals surface area (Å²) in [6.45, 7) is 0.754. The van der Waals surface area contributed by atoms with E-state index < -0.39 is 0 Å². The molecule has 0 amide bonds. The van der Waals surface area contributed by atoms with E-state index in [0.717, 1.165) is 42.3 Å². The summed E-state index contributed by atoms with van der Waals surface area (Å²) in [7, 11) is 0. The summed E-state index contributed by atoms with van der Waals surface area (Å²) in [5.74, 6) is 0.246. The van der Waals surface area contributed by atoms with Crippen LogP contribution >= 0.6 is 27.3 Å². The molecular formula is C11H16BrNOS. The second-order valence-electron chi connectivity index (χ2n) is 3.51. The third kappa shape index (κ3) is 4.45. The van der Waals surface area contributed by atoms with Crippen LogP contribution in [0.5, 0.6) is 0 Å². The average Bonchev–Trinajstić information content (AvgIpc) is 2.64. The van der Waals surface area contributed by atoms with Crippen LogP contribution in [0.4, 0.5) is 0 Å². The fourth-order valence-electron chi connectivity index (χ4n) is 1.40. The lowest BCUT2D eigenvalue weighted by atomic mass is 10.1. The van der Waals surface area contributed by atoms with Crippen LogP contribution in [0.25, 0.3) is 0 Å². The summed E-state index contributed by atoms with van der Waals surface area (Å²) in [6.07, 6.45) is 4.93. The molecule has 0 saturated heterocycles. The zero-order valence-electron chi connectivity index (χ0n) is 8.67. The van der Waals surface area contributed by atoms with Crippen molar-refractivity contribution in [2.45, 2.75) is 32.1 Å². The van der Waals surface area contributed by atoms with Crippen molar-refractivity contribution >= 4 is 33.0 Å². The number of carbonyl (C=O) groups excluding carboxylic acids is 1. The maximum atomic E-state index is 11.7. The summed E-state index contributed by atoms with van der Waals surface area (Å²) >= 11 is 4.93. The van der Waals surface area contributed by atoms with Crippen LogP contribution < -0.4 is 5.73 Å². The second-order valence-corrected chi connectivity index (χ2v) is 5.11. The third-order valence-corrected chi connectivity index (χ3v) is 3.98. The average molecular weight is 290 g/mol. The van der Waals surface area contributed by atoms with Crippen LogP contribution in [0.1, 0.15) is 42.5 Å². The molecule has 0 fully saturated rings. The Hall–Kier alpha value is -0.190. The van der Waals surface area contributed by atoms with E-state index in [1.54, 1.807) is 11.3 Å². The molecule has 0 aromatic carbocycles. The van der Waals surface area contributed by atoms with Gasteiger partial charge in [0.15, 0.2) is 5.78 Å². The van der Waals surface area contributed by atoms with Gasteiger partial charge in [0.1, 0.15) is 0 Å². The Labute approximate surface area is 103 Å². The number of ketones is 1. The molecule has 0 aliphatic rings. The number of thiophene rings is 1. The minimum atomic E-state index is 0.246. The maximum Gasteiger partial charge on any atom is 0.164 e. The van der Waals surface area contributed by atoms with E-state index in [1.165, 1.54) is 0 Å². The van der Waals surface area contributed by atoms with Crippen molar-refractivity contribution < 1.29 is 4.79 Å². The molecule has 4 heteroatoms. The molecule has 2 nitrogen and oxygen atoms in total. The van der Waals surface area contributed by atoms with Crippen molar-refractivity contribution in [1.82, 2.24) is 0 Å². The standard InChI is InChI=1S/C11H16BrNOS/c12-10-8-15-7-9(10)11(14)5-3-1-2-4-6-13/h7-8H,1-6,13H2. The summed E-state index contributed by atoms with van der Waals surface area (Å²) < 4.78 is 0.930. The lowest BCUT2D eigenvalue weighted by Gasteiger charge is -2.00. The number of rotatable bonds is 7. The minimum absolute atomic E-state index is 0.246. The molecule has 0 spiro atoms. The van der Waals surface area contributed by atoms with Crippen molar-refractivity contribution in [1.29, 1.82) is 0 Å². The van der Waals surface area contributed by atoms with Crippen molar-refractivity contribution in [3.63, 3.8) is 0 Å². The van der Waals surface area contributed by atoms with Crippen molar-refractivity contribution in [2.24, 2.45) is 5.73 Å². The molecule has 1 heterocycles. The van der Waals surface area contributed by atoms with Gasteiger partial charge in [0.25, 0.3) is 0 Å². The fourth-order valence-corrected chi connectivity index (χ4v) is 2.92. The Morgan fingerprint density at radius 2 is 2.00 bits per heavy atom. The Balaban J connectivity index is 2.22. The third-order valence-electron chi connectivity index (χ3n) is 2.27. The largest absolute Gasteiger partial charge is 0.330 e. The number of nitrogens with two attached hydrogens (primary N) is 1. The van der Waals surface area contributed by atoms with Gasteiger partial charge in [0.05, 0.1) is 0 Å². The predicted molar refractivity (Wildman–Crippen MR) is 68.5 cm³/mol. The van der Waals surface area contributed by atoms with E-state index in [0.29, 0.717) is 6.42 Å². The first-order valence-corrected chi connectivity index (χ1v) is 6.94. The van der Waals surface area contributed by atoms with Crippen LogP contribution in [-0.4, -0.2) is 12.3 Å². The molecule has 84 valence electrons. The summed E-state index contributed by atoms with van der Waals surface area (Å²) in [4.78, 5) is 11.7. The van der Waals surface area contributed by atoms with Crippen LogP contribution in [0.2, 0.25) is 0 Å². The lowest BCUT2D eigenvalue weighted by Crippen LogP contribution is -2.00. The van der Waals surface area contributed by atoms with E-state index in [-0.39, 0.29) is 5.78 Å². The molecule has 2 N–H and O–H groups in total. The molecule has 15 heavy (non-hydrogen) atoms. The van der Waals surface area contributed by atoms with Gasteiger partial charge in [-0.1, -0.05) is 12.8 Å². The topological polar surface area (TPSA) is 43.1 Å².